The molecule has 0 bridgehead atoms. The van der Waals surface area contributed by atoms with Crippen molar-refractivity contribution in [1.29, 1.82) is 0 Å². The number of halogens is 1. The molecule has 0 aliphatic heterocycles. The molecule has 1 aromatic heterocycles. The second kappa shape index (κ2) is 8.78. The molecule has 0 atom stereocenters. The zero-order valence-electron chi connectivity index (χ0n) is 17.4. The van der Waals surface area contributed by atoms with Gasteiger partial charge in [-0.05, 0) is 70.9 Å². The highest BCUT2D eigenvalue weighted by Crippen LogP contribution is 2.33. The number of hydrogen-bond acceptors (Lipinski definition) is 4. The fraction of sp³-hybridized carbons (Fsp3) is 0.120. The van der Waals surface area contributed by atoms with Crippen molar-refractivity contribution >= 4 is 38.4 Å². The molecule has 0 saturated heterocycles. The zero-order valence-corrected chi connectivity index (χ0v) is 19.0. The van der Waals surface area contributed by atoms with Gasteiger partial charge < -0.3 is 14.8 Å². The van der Waals surface area contributed by atoms with Crippen molar-refractivity contribution in [2.24, 2.45) is 0 Å². The van der Waals surface area contributed by atoms with Crippen molar-refractivity contribution in [3.63, 3.8) is 0 Å². The number of hydrogen-bond donors (Lipinski definition) is 1. The Morgan fingerprint density at radius 1 is 0.935 bits per heavy atom. The maximum absolute atomic E-state index is 13.3. The predicted octanol–water partition coefficient (Wildman–Crippen LogP) is 6.24. The van der Waals surface area contributed by atoms with E-state index < -0.39 is 0 Å². The SMILES string of the molecule is COc1ccc(-c2cc(C(=O)Nc3ccc(C)cc3Br)c3ccccc3n2)cc1OC. The lowest BCUT2D eigenvalue weighted by molar-refractivity contribution is 0.102. The van der Waals surface area contributed by atoms with Gasteiger partial charge in [-0.15, -0.1) is 0 Å². The van der Waals surface area contributed by atoms with E-state index in [1.165, 1.54) is 0 Å². The Hall–Kier alpha value is -3.38. The van der Waals surface area contributed by atoms with Gasteiger partial charge in [0.15, 0.2) is 11.5 Å². The normalized spacial score (nSPS) is 10.7. The Balaban J connectivity index is 1.81. The summed E-state index contributed by atoms with van der Waals surface area (Å²) in [5.74, 6) is 1.03. The number of methoxy groups -OCH3 is 2. The minimum atomic E-state index is -0.204. The highest BCUT2D eigenvalue weighted by atomic mass is 79.9. The van der Waals surface area contributed by atoms with Gasteiger partial charge in [0.05, 0.1) is 36.7 Å². The van der Waals surface area contributed by atoms with Crippen molar-refractivity contribution in [2.45, 2.75) is 6.92 Å². The third kappa shape index (κ3) is 4.25. The average Bonchev–Trinajstić information content (AvgIpc) is 2.79. The van der Waals surface area contributed by atoms with Gasteiger partial charge in [-0.3, -0.25) is 4.79 Å². The molecule has 1 N–H and O–H groups in total. The largest absolute Gasteiger partial charge is 0.493 e. The molecule has 0 unspecified atom stereocenters. The van der Waals surface area contributed by atoms with E-state index in [1.807, 2.05) is 67.6 Å². The molecule has 0 aliphatic carbocycles. The molecule has 4 aromatic rings. The molecular formula is C25H21BrN2O3. The van der Waals surface area contributed by atoms with Gasteiger partial charge in [-0.25, -0.2) is 4.98 Å². The smallest absolute Gasteiger partial charge is 0.256 e. The van der Waals surface area contributed by atoms with E-state index in [9.17, 15) is 4.79 Å². The van der Waals surface area contributed by atoms with Gasteiger partial charge in [0.25, 0.3) is 5.91 Å². The van der Waals surface area contributed by atoms with Crippen molar-refractivity contribution < 1.29 is 14.3 Å². The first-order valence-electron chi connectivity index (χ1n) is 9.70. The van der Waals surface area contributed by atoms with Crippen LogP contribution in [0.25, 0.3) is 22.2 Å². The number of carbonyl (C=O) groups excluding carboxylic acids is 1. The first-order chi connectivity index (χ1) is 15.0. The van der Waals surface area contributed by atoms with Crippen LogP contribution in [-0.2, 0) is 0 Å². The van der Waals surface area contributed by atoms with Crippen LogP contribution in [0.3, 0.4) is 0 Å². The van der Waals surface area contributed by atoms with Gasteiger partial charge in [-0.1, -0.05) is 24.3 Å². The molecule has 0 spiro atoms. The van der Waals surface area contributed by atoms with Crippen LogP contribution >= 0.6 is 15.9 Å². The third-order valence-electron chi connectivity index (χ3n) is 5.01. The van der Waals surface area contributed by atoms with E-state index >= 15 is 0 Å². The van der Waals surface area contributed by atoms with Crippen LogP contribution in [0.1, 0.15) is 15.9 Å². The quantitative estimate of drug-likeness (QED) is 0.370. The number of pyridine rings is 1. The number of ether oxygens (including phenoxy) is 2. The van der Waals surface area contributed by atoms with Crippen molar-refractivity contribution in [2.75, 3.05) is 19.5 Å². The molecule has 0 fully saturated rings. The number of anilines is 1. The predicted molar refractivity (Wildman–Crippen MR) is 127 cm³/mol. The lowest BCUT2D eigenvalue weighted by Gasteiger charge is -2.13. The molecule has 31 heavy (non-hydrogen) atoms. The molecule has 0 aliphatic rings. The van der Waals surface area contributed by atoms with Crippen molar-refractivity contribution in [3.8, 4) is 22.8 Å². The fourth-order valence-corrected chi connectivity index (χ4v) is 4.01. The summed E-state index contributed by atoms with van der Waals surface area (Å²) in [6, 6.07) is 20.8. The van der Waals surface area contributed by atoms with Gasteiger partial charge in [0, 0.05) is 15.4 Å². The van der Waals surface area contributed by atoms with Gasteiger partial charge in [0.1, 0.15) is 0 Å². The fourth-order valence-electron chi connectivity index (χ4n) is 3.42. The maximum atomic E-state index is 13.3. The van der Waals surface area contributed by atoms with Gasteiger partial charge >= 0.3 is 0 Å². The highest BCUT2D eigenvalue weighted by molar-refractivity contribution is 9.10. The standard InChI is InChI=1S/C25H21BrN2O3/c1-15-8-10-21(19(26)12-15)28-25(29)18-14-22(27-20-7-5-4-6-17(18)20)16-9-11-23(30-2)24(13-16)31-3/h4-14H,1-3H3,(H,28,29). The zero-order chi connectivity index (χ0) is 22.0. The molecule has 5 nitrogen and oxygen atoms in total. The second-order valence-electron chi connectivity index (χ2n) is 7.08. The first kappa shape index (κ1) is 20.9. The maximum Gasteiger partial charge on any atom is 0.256 e. The average molecular weight is 477 g/mol. The summed E-state index contributed by atoms with van der Waals surface area (Å²) in [6.45, 7) is 2.00. The van der Waals surface area contributed by atoms with Crippen molar-refractivity contribution in [3.05, 3.63) is 82.3 Å². The van der Waals surface area contributed by atoms with Gasteiger partial charge in [-0.2, -0.15) is 0 Å². The van der Waals surface area contributed by atoms with Crippen LogP contribution in [0.4, 0.5) is 5.69 Å². The molecule has 1 amide bonds. The summed E-state index contributed by atoms with van der Waals surface area (Å²) in [7, 11) is 3.19. The van der Waals surface area contributed by atoms with Crippen LogP contribution in [0.2, 0.25) is 0 Å². The van der Waals surface area contributed by atoms with E-state index in [-0.39, 0.29) is 5.91 Å². The minimum Gasteiger partial charge on any atom is -0.493 e. The highest BCUT2D eigenvalue weighted by Gasteiger charge is 2.16. The van der Waals surface area contributed by atoms with Crippen LogP contribution in [0.5, 0.6) is 11.5 Å². The van der Waals surface area contributed by atoms with E-state index in [2.05, 4.69) is 21.2 Å². The Labute approximate surface area is 189 Å². The summed E-state index contributed by atoms with van der Waals surface area (Å²) >= 11 is 3.53. The number of aromatic nitrogens is 1. The van der Waals surface area contributed by atoms with Gasteiger partial charge in [0.2, 0.25) is 0 Å². The number of para-hydroxylation sites is 1. The lowest BCUT2D eigenvalue weighted by Crippen LogP contribution is -2.13. The number of amides is 1. The molecular weight excluding hydrogens is 456 g/mol. The molecule has 0 radical (unpaired) electrons. The number of nitrogens with one attached hydrogen (secondary N) is 1. The summed E-state index contributed by atoms with van der Waals surface area (Å²) in [5, 5.41) is 3.79. The topological polar surface area (TPSA) is 60.5 Å². The monoisotopic (exact) mass is 476 g/mol. The molecule has 6 heteroatoms. The number of aryl methyl sites for hydroxylation is 1. The van der Waals surface area contributed by atoms with E-state index in [0.29, 0.717) is 28.4 Å². The summed E-state index contributed by atoms with van der Waals surface area (Å²) in [5.41, 5.74) is 4.60. The molecule has 0 saturated carbocycles. The number of benzene rings is 3. The Morgan fingerprint density at radius 2 is 1.71 bits per heavy atom. The minimum absolute atomic E-state index is 0.204. The molecule has 4 rings (SSSR count). The lowest BCUT2D eigenvalue weighted by atomic mass is 10.0. The number of carbonyl (C=O) groups is 1. The Kier molecular flexibility index (Phi) is 5.91. The molecule has 3 aromatic carbocycles. The second-order valence-corrected chi connectivity index (χ2v) is 7.93. The van der Waals surface area contributed by atoms with Crippen LogP contribution in [0, 0.1) is 6.92 Å². The summed E-state index contributed by atoms with van der Waals surface area (Å²) in [4.78, 5) is 18.0. The van der Waals surface area contributed by atoms with E-state index in [1.54, 1.807) is 20.3 Å². The summed E-state index contributed by atoms with van der Waals surface area (Å²) in [6.07, 6.45) is 0. The summed E-state index contributed by atoms with van der Waals surface area (Å²) < 4.78 is 11.6. The molecule has 1 heterocycles. The van der Waals surface area contributed by atoms with Crippen molar-refractivity contribution in [1.82, 2.24) is 4.98 Å². The number of rotatable bonds is 5. The number of fused-ring (bicyclic) bond motifs is 1. The Morgan fingerprint density at radius 3 is 2.45 bits per heavy atom. The molecule has 156 valence electrons. The Bertz CT molecular complexity index is 1290. The van der Waals surface area contributed by atoms with Crippen LogP contribution < -0.4 is 14.8 Å². The third-order valence-corrected chi connectivity index (χ3v) is 5.67. The van der Waals surface area contributed by atoms with Crippen LogP contribution in [-0.4, -0.2) is 25.1 Å². The van der Waals surface area contributed by atoms with Crippen LogP contribution in [0.15, 0.2) is 71.2 Å². The first-order valence-corrected chi connectivity index (χ1v) is 10.5. The van der Waals surface area contributed by atoms with E-state index in [4.69, 9.17) is 14.5 Å². The van der Waals surface area contributed by atoms with E-state index in [0.717, 1.165) is 26.5 Å². The number of nitrogens with zero attached hydrogens (tertiary/aromatic N) is 1.